The number of carbonyl (C=O) groups excluding carboxylic acids is 1. The van der Waals surface area contributed by atoms with E-state index in [0.29, 0.717) is 0 Å². The first kappa shape index (κ1) is 14.1. The number of hydrogen-bond donors (Lipinski definition) is 0. The summed E-state index contributed by atoms with van der Waals surface area (Å²) >= 11 is 0. The molecule has 0 aromatic heterocycles. The zero-order valence-electron chi connectivity index (χ0n) is 10.3. The molecule has 0 saturated heterocycles. The molecule has 0 aromatic rings. The Balaban J connectivity index is 3.95. The van der Waals surface area contributed by atoms with Gasteiger partial charge in [0.05, 0.1) is 7.11 Å². The predicted molar refractivity (Wildman–Crippen MR) is 66.2 cm³/mol. The van der Waals surface area contributed by atoms with Crippen LogP contribution in [0, 0.1) is 0 Å². The summed E-state index contributed by atoms with van der Waals surface area (Å²) in [6.07, 6.45) is 7.27. The molecule has 0 heterocycles. The summed E-state index contributed by atoms with van der Waals surface area (Å²) < 4.78 is 0. The van der Waals surface area contributed by atoms with Gasteiger partial charge in [-0.3, -0.25) is 9.63 Å². The average Bonchev–Trinajstić information content (AvgIpc) is 2.14. The van der Waals surface area contributed by atoms with Crippen molar-refractivity contribution in [1.82, 2.24) is 5.06 Å². The van der Waals surface area contributed by atoms with Gasteiger partial charge in [0.1, 0.15) is 0 Å². The van der Waals surface area contributed by atoms with Crippen LogP contribution < -0.4 is 0 Å². The number of hydrogen-bond acceptors (Lipinski definition) is 2. The average molecular weight is 227 g/mol. The topological polar surface area (TPSA) is 29.5 Å². The second-order valence-electron chi connectivity index (χ2n) is 4.57. The molecular formula is C11H21NO2Si. The number of carbonyl (C=O) groups is 1. The van der Waals surface area contributed by atoms with Crippen LogP contribution >= 0.6 is 0 Å². The maximum Gasteiger partial charge on any atom is 0.269 e. The van der Waals surface area contributed by atoms with E-state index in [4.69, 9.17) is 4.84 Å². The number of nitrogens with zero attached hydrogens (tertiary/aromatic N) is 1. The third-order valence-electron chi connectivity index (χ3n) is 1.80. The molecule has 0 atom stereocenters. The second kappa shape index (κ2) is 6.58. The Labute approximate surface area is 93.4 Å². The SMILES string of the molecule is CON(C)C(=O)C=CC=CC[Si](C)(C)C. The molecule has 0 spiro atoms. The Morgan fingerprint density at radius 3 is 2.40 bits per heavy atom. The van der Waals surface area contributed by atoms with E-state index in [1.165, 1.54) is 18.2 Å². The largest absolute Gasteiger partial charge is 0.274 e. The lowest BCUT2D eigenvalue weighted by atomic mass is 10.4. The van der Waals surface area contributed by atoms with Crippen molar-refractivity contribution < 1.29 is 9.63 Å². The van der Waals surface area contributed by atoms with Gasteiger partial charge in [0, 0.05) is 21.2 Å². The highest BCUT2D eigenvalue weighted by Gasteiger charge is 2.08. The summed E-state index contributed by atoms with van der Waals surface area (Å²) in [5, 5.41) is 1.18. The summed E-state index contributed by atoms with van der Waals surface area (Å²) in [6.45, 7) is 6.93. The van der Waals surface area contributed by atoms with Crippen LogP contribution in [0.2, 0.25) is 25.7 Å². The zero-order chi connectivity index (χ0) is 11.9. The van der Waals surface area contributed by atoms with E-state index >= 15 is 0 Å². The summed E-state index contributed by atoms with van der Waals surface area (Å²) in [5.41, 5.74) is 0. The van der Waals surface area contributed by atoms with Crippen LogP contribution in [0.5, 0.6) is 0 Å². The third-order valence-corrected chi connectivity index (χ3v) is 3.26. The molecular weight excluding hydrogens is 206 g/mol. The minimum absolute atomic E-state index is 0.157. The second-order valence-corrected chi connectivity index (χ2v) is 10.1. The molecule has 0 N–H and O–H groups in total. The fraction of sp³-hybridized carbons (Fsp3) is 0.545. The molecule has 0 rings (SSSR count). The molecule has 15 heavy (non-hydrogen) atoms. The summed E-state index contributed by atoms with van der Waals surface area (Å²) in [5.74, 6) is -0.157. The van der Waals surface area contributed by atoms with Crippen molar-refractivity contribution in [3.8, 4) is 0 Å². The van der Waals surface area contributed by atoms with Crippen molar-refractivity contribution in [2.45, 2.75) is 25.7 Å². The molecule has 0 radical (unpaired) electrons. The Bertz CT molecular complexity index is 254. The third kappa shape index (κ3) is 8.14. The van der Waals surface area contributed by atoms with Gasteiger partial charge in [-0.05, 0) is 6.04 Å². The molecule has 3 nitrogen and oxygen atoms in total. The Morgan fingerprint density at radius 1 is 1.33 bits per heavy atom. The van der Waals surface area contributed by atoms with Gasteiger partial charge in [0.25, 0.3) is 5.91 Å². The fourth-order valence-electron chi connectivity index (χ4n) is 0.833. The lowest BCUT2D eigenvalue weighted by molar-refractivity contribution is -0.162. The molecule has 0 aliphatic heterocycles. The van der Waals surface area contributed by atoms with Crippen molar-refractivity contribution >= 4 is 14.0 Å². The van der Waals surface area contributed by atoms with E-state index in [0.717, 1.165) is 6.04 Å². The monoisotopic (exact) mass is 227 g/mol. The van der Waals surface area contributed by atoms with E-state index in [1.54, 1.807) is 13.1 Å². The minimum Gasteiger partial charge on any atom is -0.274 e. The van der Waals surface area contributed by atoms with Gasteiger partial charge >= 0.3 is 0 Å². The maximum atomic E-state index is 11.2. The van der Waals surface area contributed by atoms with Crippen LogP contribution in [0.25, 0.3) is 0 Å². The summed E-state index contributed by atoms with van der Waals surface area (Å²) in [7, 11) is 2.04. The van der Waals surface area contributed by atoms with Crippen molar-refractivity contribution in [2.24, 2.45) is 0 Å². The lowest BCUT2D eigenvalue weighted by Gasteiger charge is -2.11. The maximum absolute atomic E-state index is 11.2. The first-order valence-corrected chi connectivity index (χ1v) is 8.72. The predicted octanol–water partition coefficient (Wildman–Crippen LogP) is 2.46. The Hall–Kier alpha value is -0.873. The van der Waals surface area contributed by atoms with Crippen molar-refractivity contribution in [2.75, 3.05) is 14.2 Å². The molecule has 0 aliphatic carbocycles. The van der Waals surface area contributed by atoms with Gasteiger partial charge in [-0.25, -0.2) is 5.06 Å². The van der Waals surface area contributed by atoms with Crippen LogP contribution in [0.4, 0.5) is 0 Å². The van der Waals surface area contributed by atoms with Crippen LogP contribution in [-0.2, 0) is 9.63 Å². The number of rotatable bonds is 5. The molecule has 0 aromatic carbocycles. The van der Waals surface area contributed by atoms with Gasteiger partial charge in [-0.1, -0.05) is 37.9 Å². The molecule has 4 heteroatoms. The quantitative estimate of drug-likeness (QED) is 0.312. The van der Waals surface area contributed by atoms with E-state index < -0.39 is 8.07 Å². The van der Waals surface area contributed by atoms with Gasteiger partial charge < -0.3 is 0 Å². The van der Waals surface area contributed by atoms with Gasteiger partial charge in [0.15, 0.2) is 0 Å². The van der Waals surface area contributed by atoms with Gasteiger partial charge in [0.2, 0.25) is 0 Å². The van der Waals surface area contributed by atoms with Gasteiger partial charge in [-0.2, -0.15) is 0 Å². The lowest BCUT2D eigenvalue weighted by Crippen LogP contribution is -2.22. The molecule has 86 valence electrons. The smallest absolute Gasteiger partial charge is 0.269 e. The highest BCUT2D eigenvalue weighted by atomic mass is 28.3. The van der Waals surface area contributed by atoms with Crippen molar-refractivity contribution in [3.05, 3.63) is 24.3 Å². The zero-order valence-corrected chi connectivity index (χ0v) is 11.3. The number of hydroxylamine groups is 2. The van der Waals surface area contributed by atoms with E-state index in [1.807, 2.05) is 6.08 Å². The molecule has 0 aliphatic rings. The molecule has 0 fully saturated rings. The van der Waals surface area contributed by atoms with Crippen LogP contribution in [0.15, 0.2) is 24.3 Å². The normalized spacial score (nSPS) is 12.6. The number of amides is 1. The van der Waals surface area contributed by atoms with Crippen LogP contribution in [-0.4, -0.2) is 33.2 Å². The summed E-state index contributed by atoms with van der Waals surface area (Å²) in [4.78, 5) is 16.0. The minimum atomic E-state index is -1.00. The summed E-state index contributed by atoms with van der Waals surface area (Å²) in [6, 6.07) is 1.13. The van der Waals surface area contributed by atoms with Crippen molar-refractivity contribution in [3.63, 3.8) is 0 Å². The molecule has 0 bridgehead atoms. The first-order valence-electron chi connectivity index (χ1n) is 5.02. The first-order chi connectivity index (χ1) is 6.87. The Kier molecular flexibility index (Phi) is 6.20. The standard InChI is InChI=1S/C11H21NO2Si/c1-12(14-2)11(13)9-7-6-8-10-15(3,4)5/h6-9H,10H2,1-5H3. The highest BCUT2D eigenvalue weighted by Crippen LogP contribution is 2.08. The molecule has 0 saturated carbocycles. The van der Waals surface area contributed by atoms with Crippen LogP contribution in [0.3, 0.4) is 0 Å². The van der Waals surface area contributed by atoms with Crippen molar-refractivity contribution in [1.29, 1.82) is 0 Å². The number of allylic oxidation sites excluding steroid dienone is 3. The van der Waals surface area contributed by atoms with E-state index in [-0.39, 0.29) is 5.91 Å². The fourth-order valence-corrected chi connectivity index (χ4v) is 1.68. The molecule has 1 amide bonds. The van der Waals surface area contributed by atoms with E-state index in [9.17, 15) is 4.79 Å². The van der Waals surface area contributed by atoms with E-state index in [2.05, 4.69) is 25.7 Å². The highest BCUT2D eigenvalue weighted by molar-refractivity contribution is 6.76. The number of likely N-dealkylation sites (N-methyl/N-ethyl adjacent to an activating group) is 1. The Morgan fingerprint density at radius 2 is 1.93 bits per heavy atom. The van der Waals surface area contributed by atoms with Gasteiger partial charge in [-0.15, -0.1) is 0 Å². The molecule has 0 unspecified atom stereocenters. The van der Waals surface area contributed by atoms with Crippen LogP contribution in [0.1, 0.15) is 0 Å².